The fourth-order valence-corrected chi connectivity index (χ4v) is 9.74. The maximum atomic E-state index is 12.1. The summed E-state index contributed by atoms with van der Waals surface area (Å²) in [6.07, 6.45) is -0.254. The van der Waals surface area contributed by atoms with Crippen LogP contribution in [0.3, 0.4) is 0 Å². The van der Waals surface area contributed by atoms with E-state index in [-0.39, 0.29) is 0 Å². The van der Waals surface area contributed by atoms with Crippen molar-refractivity contribution in [1.82, 2.24) is 0 Å². The summed E-state index contributed by atoms with van der Waals surface area (Å²) in [6, 6.07) is -0.0897. The molecule has 30 heavy (non-hydrogen) atoms. The Bertz CT molecular complexity index is 495. The summed E-state index contributed by atoms with van der Waals surface area (Å²) >= 11 is 0. The van der Waals surface area contributed by atoms with Gasteiger partial charge in [-0.3, -0.25) is 9.13 Å². The lowest BCUT2D eigenvalue weighted by atomic mass is 10.9. The second-order valence-electron chi connectivity index (χ2n) is 5.80. The first-order valence-corrected chi connectivity index (χ1v) is 17.3. The lowest BCUT2D eigenvalue weighted by molar-refractivity contribution is -0.0980. The zero-order valence-electron chi connectivity index (χ0n) is 18.4. The molecular weight excluding hydrogens is 478 g/mol. The fraction of sp³-hybridized carbons (Fsp3) is 0.929. The van der Waals surface area contributed by atoms with E-state index in [1.165, 1.54) is 0 Å². The summed E-state index contributed by atoms with van der Waals surface area (Å²) in [5.41, 5.74) is 0. The van der Waals surface area contributed by atoms with Crippen LogP contribution in [-0.2, 0) is 31.7 Å². The molecule has 0 rings (SSSR count). The first-order chi connectivity index (χ1) is 13.7. The van der Waals surface area contributed by atoms with E-state index in [0.717, 1.165) is 0 Å². The number of carbonyl (C=O) groups is 1. The molecular formula is C14H38O12P2Si2. The van der Waals surface area contributed by atoms with E-state index in [4.69, 9.17) is 46.8 Å². The van der Waals surface area contributed by atoms with Gasteiger partial charge in [-0.15, -0.1) is 0 Å². The highest BCUT2D eigenvalue weighted by molar-refractivity contribution is 7.58. The van der Waals surface area contributed by atoms with Crippen molar-refractivity contribution in [2.75, 3.05) is 45.4 Å². The van der Waals surface area contributed by atoms with Crippen LogP contribution in [0.25, 0.3) is 0 Å². The van der Waals surface area contributed by atoms with E-state index in [9.17, 15) is 9.13 Å². The maximum absolute atomic E-state index is 12.1. The average molecular weight is 517 g/mol. The number of hydrogen-bond donors (Lipinski definition) is 5. The standard InChI is InChI=1S/C11H27O5PSi.C2H9O6PSi.CH2O/c1-6-13-17(5,12)10-11-18(14-7-2,15-8-3)16-9-4;3-9(4,5)1-2-10(6,7)8;1-2/h6-11H2,1-5H3;6-8H,1-2H2,(H2,3,4,5);1H2. The van der Waals surface area contributed by atoms with Crippen molar-refractivity contribution >= 4 is 39.4 Å². The molecule has 16 heteroatoms. The summed E-state index contributed by atoms with van der Waals surface area (Å²) in [5, 5.41) is 0. The summed E-state index contributed by atoms with van der Waals surface area (Å²) in [7, 11) is -13.7. The second kappa shape index (κ2) is 17.7. The minimum Gasteiger partial charge on any atom is -0.390 e. The molecule has 0 aliphatic rings. The molecule has 0 aliphatic carbocycles. The van der Waals surface area contributed by atoms with Crippen LogP contribution in [-0.4, -0.2) is 94.0 Å². The summed E-state index contributed by atoms with van der Waals surface area (Å²) in [4.78, 5) is 49.2. The average Bonchev–Trinajstić information content (AvgIpc) is 2.60. The van der Waals surface area contributed by atoms with Gasteiger partial charge in [-0.25, -0.2) is 0 Å². The Hall–Kier alpha value is 0.204. The van der Waals surface area contributed by atoms with E-state index >= 15 is 0 Å². The molecule has 0 saturated carbocycles. The van der Waals surface area contributed by atoms with Gasteiger partial charge in [-0.1, -0.05) is 0 Å². The SMILES string of the molecule is C=O.CCO[Si](CCP(C)(=O)OCC)(OCC)OCC.O=P(O)(O)CC[Si](O)(O)O. The van der Waals surface area contributed by atoms with E-state index in [1.807, 2.05) is 34.5 Å². The highest BCUT2D eigenvalue weighted by Gasteiger charge is 2.41. The normalized spacial score (nSPS) is 14.1. The van der Waals surface area contributed by atoms with Gasteiger partial charge >= 0.3 is 25.2 Å². The van der Waals surface area contributed by atoms with Gasteiger partial charge < -0.3 is 46.8 Å². The highest BCUT2D eigenvalue weighted by Crippen LogP contribution is 2.44. The number of rotatable bonds is 14. The molecule has 0 aliphatic heterocycles. The van der Waals surface area contributed by atoms with Crippen LogP contribution in [0.1, 0.15) is 27.7 Å². The van der Waals surface area contributed by atoms with Gasteiger partial charge in [0, 0.05) is 44.7 Å². The van der Waals surface area contributed by atoms with Crippen LogP contribution in [0, 0.1) is 0 Å². The summed E-state index contributed by atoms with van der Waals surface area (Å²) in [6.45, 7) is 13.3. The van der Waals surface area contributed by atoms with Gasteiger partial charge in [-0.2, -0.15) is 0 Å². The van der Waals surface area contributed by atoms with Crippen LogP contribution >= 0.6 is 15.0 Å². The van der Waals surface area contributed by atoms with E-state index in [2.05, 4.69) is 0 Å². The quantitative estimate of drug-likeness (QED) is 0.162. The summed E-state index contributed by atoms with van der Waals surface area (Å²) < 4.78 is 44.5. The van der Waals surface area contributed by atoms with Crippen molar-refractivity contribution in [1.29, 1.82) is 0 Å². The number of carbonyl (C=O) groups excluding carboxylic acids is 1. The molecule has 0 spiro atoms. The third-order valence-electron chi connectivity index (χ3n) is 3.06. The fourth-order valence-electron chi connectivity index (χ4n) is 1.97. The minimum atomic E-state index is -4.26. The molecule has 0 heterocycles. The maximum Gasteiger partial charge on any atom is 0.501 e. The largest absolute Gasteiger partial charge is 0.501 e. The number of hydrogen-bond acceptors (Lipinski definition) is 10. The lowest BCUT2D eigenvalue weighted by Gasteiger charge is -2.29. The Morgan fingerprint density at radius 3 is 1.40 bits per heavy atom. The Kier molecular flexibility index (Phi) is 20.6. The van der Waals surface area contributed by atoms with Gasteiger partial charge in [0.15, 0.2) is 7.37 Å². The smallest absolute Gasteiger partial charge is 0.390 e. The van der Waals surface area contributed by atoms with Crippen LogP contribution in [0.2, 0.25) is 12.1 Å². The molecule has 0 aromatic heterocycles. The highest BCUT2D eigenvalue weighted by atomic mass is 31.2. The molecule has 184 valence electrons. The van der Waals surface area contributed by atoms with E-state index < -0.39 is 44.8 Å². The van der Waals surface area contributed by atoms with Crippen LogP contribution in [0.4, 0.5) is 0 Å². The summed E-state index contributed by atoms with van der Waals surface area (Å²) in [5.74, 6) is 0. The Morgan fingerprint density at radius 1 is 0.767 bits per heavy atom. The van der Waals surface area contributed by atoms with Crippen molar-refractivity contribution in [3.8, 4) is 0 Å². The zero-order valence-corrected chi connectivity index (χ0v) is 22.1. The second-order valence-corrected chi connectivity index (χ2v) is 15.1. The third kappa shape index (κ3) is 22.9. The van der Waals surface area contributed by atoms with Crippen molar-refractivity contribution in [3.05, 3.63) is 0 Å². The Balaban J connectivity index is -0.000000514. The van der Waals surface area contributed by atoms with Gasteiger partial charge in [-0.05, 0) is 27.7 Å². The monoisotopic (exact) mass is 516 g/mol. The zero-order chi connectivity index (χ0) is 24.5. The predicted molar refractivity (Wildman–Crippen MR) is 117 cm³/mol. The van der Waals surface area contributed by atoms with E-state index in [0.29, 0.717) is 38.6 Å². The van der Waals surface area contributed by atoms with Crippen molar-refractivity contribution in [2.45, 2.75) is 39.8 Å². The molecule has 1 unspecified atom stereocenters. The molecule has 0 amide bonds. The van der Waals surface area contributed by atoms with Crippen LogP contribution in [0.15, 0.2) is 0 Å². The van der Waals surface area contributed by atoms with Crippen molar-refractivity contribution in [3.63, 3.8) is 0 Å². The first kappa shape index (κ1) is 34.8. The van der Waals surface area contributed by atoms with E-state index in [1.54, 1.807) is 6.66 Å². The molecule has 0 aromatic rings. The molecule has 1 atom stereocenters. The molecule has 0 aromatic carbocycles. The molecule has 0 radical (unpaired) electrons. The van der Waals surface area contributed by atoms with Gasteiger partial charge in [0.2, 0.25) is 0 Å². The molecule has 0 saturated heterocycles. The predicted octanol–water partition coefficient (Wildman–Crippen LogP) is 0.874. The minimum absolute atomic E-state index is 0.438. The van der Waals surface area contributed by atoms with Crippen molar-refractivity contribution in [2.24, 2.45) is 0 Å². The third-order valence-corrected chi connectivity index (χ3v) is 10.5. The Morgan fingerprint density at radius 2 is 1.17 bits per heavy atom. The van der Waals surface area contributed by atoms with Crippen LogP contribution < -0.4 is 0 Å². The van der Waals surface area contributed by atoms with Crippen LogP contribution in [0.5, 0.6) is 0 Å². The molecule has 12 nitrogen and oxygen atoms in total. The van der Waals surface area contributed by atoms with Gasteiger partial charge in [0.05, 0.1) is 12.8 Å². The molecule has 5 N–H and O–H groups in total. The van der Waals surface area contributed by atoms with Gasteiger partial charge in [0.25, 0.3) is 0 Å². The van der Waals surface area contributed by atoms with Gasteiger partial charge in [0.1, 0.15) is 6.79 Å². The van der Waals surface area contributed by atoms with Crippen molar-refractivity contribution < 1.29 is 55.9 Å². The Labute approximate surface area is 180 Å². The topological polar surface area (TPSA) is 189 Å². The first-order valence-electron chi connectivity index (χ1n) is 9.29. The molecule has 0 fully saturated rings. The molecule has 0 bridgehead atoms. The lowest BCUT2D eigenvalue weighted by Crippen LogP contribution is -2.46.